The molecule has 18 heavy (non-hydrogen) atoms. The molecule has 0 bridgehead atoms. The largest absolute Gasteiger partial charge is 0.481 e. The van der Waals surface area contributed by atoms with Gasteiger partial charge in [0.05, 0.1) is 6.42 Å². The van der Waals surface area contributed by atoms with Crippen molar-refractivity contribution < 1.29 is 9.90 Å². The van der Waals surface area contributed by atoms with Crippen LogP contribution < -0.4 is 5.73 Å². The Balaban J connectivity index is 2.37. The van der Waals surface area contributed by atoms with Crippen LogP contribution in [0.2, 0.25) is 0 Å². The van der Waals surface area contributed by atoms with Crippen LogP contribution in [0.25, 0.3) is 11.1 Å². The van der Waals surface area contributed by atoms with E-state index in [-0.39, 0.29) is 6.42 Å². The third-order valence-electron chi connectivity index (χ3n) is 2.57. The van der Waals surface area contributed by atoms with Crippen molar-refractivity contribution in [3.8, 4) is 11.1 Å². The molecule has 0 spiro atoms. The van der Waals surface area contributed by atoms with Crippen LogP contribution in [0, 0.1) is 0 Å². The third-order valence-corrected chi connectivity index (χ3v) is 3.06. The van der Waals surface area contributed by atoms with Gasteiger partial charge in [-0.25, -0.2) is 0 Å². The van der Waals surface area contributed by atoms with E-state index in [9.17, 15) is 4.79 Å². The highest BCUT2D eigenvalue weighted by Gasteiger charge is 2.14. The number of aliphatic carboxylic acids is 1. The number of nitrogens with two attached hydrogens (primary N) is 1. The molecule has 0 unspecified atom stereocenters. The van der Waals surface area contributed by atoms with Gasteiger partial charge >= 0.3 is 5.97 Å². The lowest BCUT2D eigenvalue weighted by atomic mass is 10.0. The summed E-state index contributed by atoms with van der Waals surface area (Å²) in [6.07, 6.45) is 0.421. The Morgan fingerprint density at radius 3 is 2.94 bits per heavy atom. The van der Waals surface area contributed by atoms with Crippen molar-refractivity contribution in [1.29, 1.82) is 0 Å². The molecule has 0 amide bonds. The first-order valence-electron chi connectivity index (χ1n) is 5.38. The lowest BCUT2D eigenvalue weighted by Crippen LogP contribution is -1.99. The number of nitrogens with one attached hydrogen (secondary N) is 1. The van der Waals surface area contributed by atoms with Gasteiger partial charge in [0, 0.05) is 22.2 Å². The number of aryl methyl sites for hydroxylation is 1. The second kappa shape index (κ2) is 5.22. The molecule has 0 aliphatic rings. The van der Waals surface area contributed by atoms with Gasteiger partial charge in [-0.1, -0.05) is 28.1 Å². The van der Waals surface area contributed by atoms with Crippen LogP contribution in [0.15, 0.2) is 28.7 Å². The number of carboxylic acid groups (broad SMARTS) is 1. The molecule has 0 aliphatic heterocycles. The van der Waals surface area contributed by atoms with Crippen LogP contribution in [0.4, 0.5) is 5.82 Å². The average Bonchev–Trinajstić information content (AvgIpc) is 2.68. The molecule has 0 radical (unpaired) electrons. The first-order chi connectivity index (χ1) is 8.58. The van der Waals surface area contributed by atoms with Crippen molar-refractivity contribution in [2.24, 2.45) is 0 Å². The molecule has 5 nitrogen and oxygen atoms in total. The Kier molecular flexibility index (Phi) is 3.66. The number of hydrogen-bond acceptors (Lipinski definition) is 3. The summed E-state index contributed by atoms with van der Waals surface area (Å²) in [4.78, 5) is 10.6. The fourth-order valence-electron chi connectivity index (χ4n) is 1.77. The van der Waals surface area contributed by atoms with Crippen LogP contribution in [0.1, 0.15) is 12.1 Å². The van der Waals surface area contributed by atoms with Crippen LogP contribution >= 0.6 is 15.9 Å². The minimum atomic E-state index is -0.844. The fourth-order valence-corrected chi connectivity index (χ4v) is 2.17. The third kappa shape index (κ3) is 2.70. The van der Waals surface area contributed by atoms with E-state index >= 15 is 0 Å². The normalized spacial score (nSPS) is 10.5. The number of nitrogen functional groups attached to an aromatic ring is 1. The summed E-state index contributed by atoms with van der Waals surface area (Å²) in [6.45, 7) is 0. The number of nitrogens with zero attached hydrogens (tertiary/aromatic N) is 1. The number of H-pyrrole nitrogens is 1. The highest BCUT2D eigenvalue weighted by molar-refractivity contribution is 9.10. The maximum Gasteiger partial charge on any atom is 0.303 e. The highest BCUT2D eigenvalue weighted by Crippen LogP contribution is 2.30. The van der Waals surface area contributed by atoms with Gasteiger partial charge in [0.2, 0.25) is 0 Å². The summed E-state index contributed by atoms with van der Waals surface area (Å²) in [7, 11) is 0. The Morgan fingerprint density at radius 1 is 1.50 bits per heavy atom. The Labute approximate surface area is 112 Å². The predicted octanol–water partition coefficient (Wildman–Crippen LogP) is 2.44. The zero-order valence-corrected chi connectivity index (χ0v) is 11.1. The van der Waals surface area contributed by atoms with Crippen molar-refractivity contribution in [2.75, 3.05) is 5.73 Å². The summed E-state index contributed by atoms with van der Waals surface area (Å²) in [5.74, 6) is -0.461. The molecule has 1 heterocycles. The molecule has 1 aromatic heterocycles. The number of halogens is 1. The molecule has 0 saturated heterocycles. The number of aromatic nitrogens is 2. The molecular formula is C12H12BrN3O2. The predicted molar refractivity (Wildman–Crippen MR) is 72.1 cm³/mol. The molecule has 0 aliphatic carbocycles. The lowest BCUT2D eigenvalue weighted by Gasteiger charge is -2.04. The lowest BCUT2D eigenvalue weighted by molar-refractivity contribution is -0.136. The van der Waals surface area contributed by atoms with E-state index in [4.69, 9.17) is 10.8 Å². The quantitative estimate of drug-likeness (QED) is 0.809. The minimum absolute atomic E-state index is 0.0443. The van der Waals surface area contributed by atoms with E-state index in [1.165, 1.54) is 0 Å². The number of aromatic amines is 1. The Bertz CT molecular complexity index is 580. The smallest absolute Gasteiger partial charge is 0.303 e. The zero-order chi connectivity index (χ0) is 13.1. The number of anilines is 1. The van der Waals surface area contributed by atoms with Crippen molar-refractivity contribution in [2.45, 2.75) is 12.8 Å². The van der Waals surface area contributed by atoms with Crippen molar-refractivity contribution in [1.82, 2.24) is 10.2 Å². The maximum absolute atomic E-state index is 10.6. The second-order valence-corrected chi connectivity index (χ2v) is 4.78. The summed E-state index contributed by atoms with van der Waals surface area (Å²) in [5, 5.41) is 15.5. The van der Waals surface area contributed by atoms with Crippen molar-refractivity contribution in [3.05, 3.63) is 34.4 Å². The van der Waals surface area contributed by atoms with Gasteiger partial charge in [-0.05, 0) is 17.7 Å². The SMILES string of the molecule is Nc1n[nH]c(CCC(=O)O)c1-c1cccc(Br)c1. The molecule has 94 valence electrons. The molecule has 1 aromatic carbocycles. The van der Waals surface area contributed by atoms with E-state index in [1.807, 2.05) is 24.3 Å². The summed E-state index contributed by atoms with van der Waals surface area (Å²) < 4.78 is 0.935. The van der Waals surface area contributed by atoms with E-state index in [0.29, 0.717) is 12.2 Å². The van der Waals surface area contributed by atoms with Gasteiger partial charge in [0.1, 0.15) is 0 Å². The Morgan fingerprint density at radius 2 is 2.28 bits per heavy atom. The summed E-state index contributed by atoms with van der Waals surface area (Å²) in [5.41, 5.74) is 8.26. The van der Waals surface area contributed by atoms with Gasteiger partial charge in [-0.3, -0.25) is 9.89 Å². The highest BCUT2D eigenvalue weighted by atomic mass is 79.9. The summed E-state index contributed by atoms with van der Waals surface area (Å²) >= 11 is 3.39. The van der Waals surface area contributed by atoms with Crippen LogP contribution in [-0.4, -0.2) is 21.3 Å². The van der Waals surface area contributed by atoms with Gasteiger partial charge in [0.25, 0.3) is 0 Å². The number of carbonyl (C=O) groups is 1. The second-order valence-electron chi connectivity index (χ2n) is 3.87. The minimum Gasteiger partial charge on any atom is -0.481 e. The van der Waals surface area contributed by atoms with Crippen LogP contribution in [0.5, 0.6) is 0 Å². The standard InChI is InChI=1S/C12H12BrN3O2/c13-8-3-1-2-7(6-8)11-9(4-5-10(17)18)15-16-12(11)14/h1-3,6H,4-5H2,(H,17,18)(H3,14,15,16). The fraction of sp³-hybridized carbons (Fsp3) is 0.167. The van der Waals surface area contributed by atoms with Gasteiger partial charge < -0.3 is 10.8 Å². The average molecular weight is 310 g/mol. The molecule has 0 atom stereocenters. The van der Waals surface area contributed by atoms with Crippen LogP contribution in [-0.2, 0) is 11.2 Å². The monoisotopic (exact) mass is 309 g/mol. The molecule has 2 aromatic rings. The maximum atomic E-state index is 10.6. The summed E-state index contributed by atoms with van der Waals surface area (Å²) in [6, 6.07) is 7.64. The zero-order valence-electron chi connectivity index (χ0n) is 9.48. The molecular weight excluding hydrogens is 298 g/mol. The van der Waals surface area contributed by atoms with E-state index in [0.717, 1.165) is 21.3 Å². The number of benzene rings is 1. The van der Waals surface area contributed by atoms with E-state index in [2.05, 4.69) is 26.1 Å². The number of rotatable bonds is 4. The molecule has 0 saturated carbocycles. The van der Waals surface area contributed by atoms with Crippen molar-refractivity contribution in [3.63, 3.8) is 0 Å². The molecule has 6 heteroatoms. The van der Waals surface area contributed by atoms with E-state index in [1.54, 1.807) is 0 Å². The first kappa shape index (κ1) is 12.6. The van der Waals surface area contributed by atoms with Gasteiger partial charge in [-0.15, -0.1) is 0 Å². The molecule has 0 fully saturated rings. The van der Waals surface area contributed by atoms with Gasteiger partial charge in [0.15, 0.2) is 5.82 Å². The Hall–Kier alpha value is -1.82. The number of carboxylic acids is 1. The molecule has 4 N–H and O–H groups in total. The first-order valence-corrected chi connectivity index (χ1v) is 6.17. The van der Waals surface area contributed by atoms with Crippen molar-refractivity contribution >= 4 is 27.7 Å². The topological polar surface area (TPSA) is 92.0 Å². The number of hydrogen-bond donors (Lipinski definition) is 3. The van der Waals surface area contributed by atoms with Gasteiger partial charge in [-0.2, -0.15) is 5.10 Å². The molecule has 2 rings (SSSR count). The van der Waals surface area contributed by atoms with Crippen LogP contribution in [0.3, 0.4) is 0 Å². The van der Waals surface area contributed by atoms with E-state index < -0.39 is 5.97 Å².